The van der Waals surface area contributed by atoms with Crippen LogP contribution in [0.1, 0.15) is 36.0 Å². The second kappa shape index (κ2) is 5.31. The first kappa shape index (κ1) is 12.6. The molecule has 1 N–H and O–H groups in total. The molecule has 1 amide bonds. The summed E-state index contributed by atoms with van der Waals surface area (Å²) >= 11 is 5.00. The standard InChI is InChI=1S/C13H17BrN2OS/c14-12-6-9(8-18-12)13(17)16(11-3-4-11)7-10-2-1-5-15-10/h6,8,10-11,15H,1-5,7H2. The molecule has 2 fully saturated rings. The molecule has 2 aliphatic rings. The molecule has 2 heterocycles. The van der Waals surface area contributed by atoms with Crippen LogP contribution in [0.25, 0.3) is 0 Å². The fourth-order valence-electron chi connectivity index (χ4n) is 2.52. The Bertz CT molecular complexity index is 438. The molecule has 1 saturated carbocycles. The Morgan fingerprint density at radius 2 is 2.33 bits per heavy atom. The van der Waals surface area contributed by atoms with E-state index < -0.39 is 0 Å². The molecule has 0 aromatic carbocycles. The minimum Gasteiger partial charge on any atom is -0.334 e. The van der Waals surface area contributed by atoms with E-state index in [9.17, 15) is 4.79 Å². The maximum absolute atomic E-state index is 12.5. The summed E-state index contributed by atoms with van der Waals surface area (Å²) in [7, 11) is 0. The van der Waals surface area contributed by atoms with Crippen LogP contribution >= 0.6 is 27.3 Å². The van der Waals surface area contributed by atoms with E-state index in [1.807, 2.05) is 11.4 Å². The van der Waals surface area contributed by atoms with Gasteiger partial charge in [0.25, 0.3) is 5.91 Å². The number of hydrogen-bond acceptors (Lipinski definition) is 3. The van der Waals surface area contributed by atoms with Crippen LogP contribution in [0.4, 0.5) is 0 Å². The van der Waals surface area contributed by atoms with Gasteiger partial charge in [-0.15, -0.1) is 11.3 Å². The average Bonchev–Trinajstić information content (AvgIpc) is 2.88. The van der Waals surface area contributed by atoms with E-state index >= 15 is 0 Å². The van der Waals surface area contributed by atoms with Crippen molar-refractivity contribution in [3.63, 3.8) is 0 Å². The van der Waals surface area contributed by atoms with E-state index in [-0.39, 0.29) is 5.91 Å². The summed E-state index contributed by atoms with van der Waals surface area (Å²) in [5.74, 6) is 0.202. The second-order valence-electron chi connectivity index (χ2n) is 5.12. The van der Waals surface area contributed by atoms with E-state index in [1.165, 1.54) is 25.7 Å². The Hall–Kier alpha value is -0.390. The molecule has 98 valence electrons. The largest absolute Gasteiger partial charge is 0.334 e. The number of carbonyl (C=O) groups excluding carboxylic acids is 1. The first-order valence-corrected chi connectivity index (χ1v) is 8.19. The summed E-state index contributed by atoms with van der Waals surface area (Å²) in [5, 5.41) is 5.43. The van der Waals surface area contributed by atoms with Crippen LogP contribution in [0.2, 0.25) is 0 Å². The van der Waals surface area contributed by atoms with Gasteiger partial charge in [-0.05, 0) is 54.2 Å². The van der Waals surface area contributed by atoms with Crippen molar-refractivity contribution in [2.75, 3.05) is 13.1 Å². The van der Waals surface area contributed by atoms with Gasteiger partial charge >= 0.3 is 0 Å². The average molecular weight is 329 g/mol. The second-order valence-corrected chi connectivity index (χ2v) is 7.41. The highest BCUT2D eigenvalue weighted by molar-refractivity contribution is 9.11. The number of nitrogens with zero attached hydrogens (tertiary/aromatic N) is 1. The van der Waals surface area contributed by atoms with Crippen LogP contribution in [0.15, 0.2) is 15.2 Å². The lowest BCUT2D eigenvalue weighted by molar-refractivity contribution is 0.0729. The normalized spacial score (nSPS) is 23.3. The first-order chi connectivity index (χ1) is 8.74. The topological polar surface area (TPSA) is 32.3 Å². The van der Waals surface area contributed by atoms with Crippen LogP contribution in [0.3, 0.4) is 0 Å². The Morgan fingerprint density at radius 3 is 2.89 bits per heavy atom. The smallest absolute Gasteiger partial charge is 0.255 e. The zero-order chi connectivity index (χ0) is 12.5. The molecule has 3 nitrogen and oxygen atoms in total. The van der Waals surface area contributed by atoms with Crippen LogP contribution < -0.4 is 5.32 Å². The zero-order valence-corrected chi connectivity index (χ0v) is 12.6. The third kappa shape index (κ3) is 2.78. The summed E-state index contributed by atoms with van der Waals surface area (Å²) in [6.07, 6.45) is 4.78. The van der Waals surface area contributed by atoms with Crippen molar-refractivity contribution in [2.45, 2.75) is 37.8 Å². The quantitative estimate of drug-likeness (QED) is 0.921. The number of thiophene rings is 1. The molecule has 1 unspecified atom stereocenters. The fraction of sp³-hybridized carbons (Fsp3) is 0.615. The van der Waals surface area contributed by atoms with Crippen molar-refractivity contribution in [3.05, 3.63) is 20.8 Å². The Kier molecular flexibility index (Phi) is 3.73. The lowest BCUT2D eigenvalue weighted by atomic mass is 10.2. The van der Waals surface area contributed by atoms with Gasteiger partial charge < -0.3 is 10.2 Å². The highest BCUT2D eigenvalue weighted by atomic mass is 79.9. The number of halogens is 1. The van der Waals surface area contributed by atoms with Crippen molar-refractivity contribution in [1.29, 1.82) is 0 Å². The van der Waals surface area contributed by atoms with Gasteiger partial charge in [0.2, 0.25) is 0 Å². The van der Waals surface area contributed by atoms with Crippen molar-refractivity contribution < 1.29 is 4.79 Å². The molecule has 1 saturated heterocycles. The Balaban J connectivity index is 1.70. The van der Waals surface area contributed by atoms with E-state index in [2.05, 4.69) is 26.1 Å². The van der Waals surface area contributed by atoms with E-state index in [0.717, 1.165) is 22.4 Å². The minimum absolute atomic E-state index is 0.202. The van der Waals surface area contributed by atoms with Gasteiger partial charge in [0, 0.05) is 24.0 Å². The van der Waals surface area contributed by atoms with E-state index in [4.69, 9.17) is 0 Å². The van der Waals surface area contributed by atoms with Crippen molar-refractivity contribution >= 4 is 33.2 Å². The van der Waals surface area contributed by atoms with Gasteiger partial charge in [-0.3, -0.25) is 4.79 Å². The Morgan fingerprint density at radius 1 is 1.50 bits per heavy atom. The number of nitrogens with one attached hydrogen (secondary N) is 1. The summed E-state index contributed by atoms with van der Waals surface area (Å²) < 4.78 is 1.03. The molecule has 1 aromatic rings. The van der Waals surface area contributed by atoms with Crippen LogP contribution in [0.5, 0.6) is 0 Å². The maximum Gasteiger partial charge on any atom is 0.255 e. The summed E-state index contributed by atoms with van der Waals surface area (Å²) in [6.45, 7) is 1.97. The molecule has 1 aliphatic heterocycles. The minimum atomic E-state index is 0.202. The SMILES string of the molecule is O=C(c1csc(Br)c1)N(CC1CCCN1)C1CC1. The number of hydrogen-bond donors (Lipinski definition) is 1. The highest BCUT2D eigenvalue weighted by Crippen LogP contribution is 2.30. The summed E-state index contributed by atoms with van der Waals surface area (Å²) in [4.78, 5) is 14.6. The molecule has 5 heteroatoms. The lowest BCUT2D eigenvalue weighted by Crippen LogP contribution is -2.42. The summed E-state index contributed by atoms with van der Waals surface area (Å²) in [6, 6.07) is 2.92. The predicted octanol–water partition coefficient (Wildman–Crippen LogP) is 2.87. The third-order valence-corrected chi connectivity index (χ3v) is 5.15. The molecule has 1 atom stereocenters. The van der Waals surface area contributed by atoms with Gasteiger partial charge in [0.05, 0.1) is 9.35 Å². The molecule has 0 spiro atoms. The van der Waals surface area contributed by atoms with Gasteiger partial charge in [0.1, 0.15) is 0 Å². The van der Waals surface area contributed by atoms with Crippen LogP contribution in [-0.4, -0.2) is 36.0 Å². The van der Waals surface area contributed by atoms with Crippen molar-refractivity contribution in [1.82, 2.24) is 10.2 Å². The number of amides is 1. The van der Waals surface area contributed by atoms with Crippen molar-refractivity contribution in [3.8, 4) is 0 Å². The first-order valence-electron chi connectivity index (χ1n) is 6.52. The molecule has 0 radical (unpaired) electrons. The maximum atomic E-state index is 12.5. The number of carbonyl (C=O) groups is 1. The van der Waals surface area contributed by atoms with E-state index in [0.29, 0.717) is 12.1 Å². The molecule has 3 rings (SSSR count). The van der Waals surface area contributed by atoms with E-state index in [1.54, 1.807) is 11.3 Å². The van der Waals surface area contributed by atoms with Crippen LogP contribution in [0, 0.1) is 0 Å². The molecule has 18 heavy (non-hydrogen) atoms. The summed E-state index contributed by atoms with van der Waals surface area (Å²) in [5.41, 5.74) is 0.830. The monoisotopic (exact) mass is 328 g/mol. The molecular weight excluding hydrogens is 312 g/mol. The molecule has 0 bridgehead atoms. The van der Waals surface area contributed by atoms with Gasteiger partial charge in [0.15, 0.2) is 0 Å². The predicted molar refractivity (Wildman–Crippen MR) is 77.1 cm³/mol. The van der Waals surface area contributed by atoms with Crippen molar-refractivity contribution in [2.24, 2.45) is 0 Å². The fourth-order valence-corrected chi connectivity index (χ4v) is 3.65. The van der Waals surface area contributed by atoms with Gasteiger partial charge in [-0.25, -0.2) is 0 Å². The molecule has 1 aromatic heterocycles. The zero-order valence-electron chi connectivity index (χ0n) is 10.2. The Labute approximate surface area is 120 Å². The van der Waals surface area contributed by atoms with Gasteiger partial charge in [-0.1, -0.05) is 0 Å². The highest BCUT2D eigenvalue weighted by Gasteiger charge is 2.35. The molecule has 1 aliphatic carbocycles. The van der Waals surface area contributed by atoms with Gasteiger partial charge in [-0.2, -0.15) is 0 Å². The lowest BCUT2D eigenvalue weighted by Gasteiger charge is -2.25. The third-order valence-electron chi connectivity index (χ3n) is 3.64. The molecular formula is C13H17BrN2OS. The van der Waals surface area contributed by atoms with Crippen LogP contribution in [-0.2, 0) is 0 Å². The number of rotatable bonds is 4.